The summed E-state index contributed by atoms with van der Waals surface area (Å²) in [5.74, 6) is 0.908. The van der Waals surface area contributed by atoms with Crippen molar-refractivity contribution in [1.82, 2.24) is 19.8 Å². The molecule has 1 aromatic carbocycles. The summed E-state index contributed by atoms with van der Waals surface area (Å²) in [6, 6.07) is 10.7. The molecule has 3 saturated heterocycles. The standard InChI is InChI=1S/C36H42N4O2/c41-30-11-16-35-22-34-23-39-18-8-4-2-1-3-7-15-36(42,33(34)40(35)20-14-28(30)35)21-26(27(34)13-19-39)31-32-25(12-17-37-31)24-9-5-6-10-29(24)38-32/h1,3,5-6,9-10,12,17,21,27-28,33,38,42H,2,4,7-8,11,13-16,18-20,22-23H2/b3-1-/t27-,28+,33+,34-,35+,36-/m0/s1. The number of nitrogens with one attached hydrogen (secondary N) is 1. The van der Waals surface area contributed by atoms with Crippen LogP contribution in [-0.2, 0) is 4.79 Å². The smallest absolute Gasteiger partial charge is 0.137 e. The normalized spacial score (nSPS) is 40.7. The second-order valence-electron chi connectivity index (χ2n) is 14.4. The average molecular weight is 563 g/mol. The number of para-hydroxylation sites is 1. The van der Waals surface area contributed by atoms with Crippen LogP contribution in [0.25, 0.3) is 27.4 Å². The van der Waals surface area contributed by atoms with Gasteiger partial charge in [-0.25, -0.2) is 0 Å². The second-order valence-corrected chi connectivity index (χ2v) is 14.4. The number of pyridine rings is 1. The number of ketones is 1. The maximum absolute atomic E-state index is 13.3. The Labute approximate surface area is 247 Å². The first-order chi connectivity index (χ1) is 20.5. The number of carbonyl (C=O) groups is 1. The Kier molecular flexibility index (Phi) is 5.57. The molecule has 6 aliphatic rings. The van der Waals surface area contributed by atoms with E-state index in [0.717, 1.165) is 81.4 Å². The quantitative estimate of drug-likeness (QED) is 0.363. The van der Waals surface area contributed by atoms with Gasteiger partial charge in [-0.05, 0) is 107 Å². The lowest BCUT2D eigenvalue weighted by Crippen LogP contribution is -2.65. The molecule has 4 fully saturated rings. The van der Waals surface area contributed by atoms with Crippen LogP contribution in [0.15, 0.2) is 54.8 Å². The van der Waals surface area contributed by atoms with Crippen LogP contribution in [0.5, 0.6) is 0 Å². The van der Waals surface area contributed by atoms with E-state index in [0.29, 0.717) is 24.5 Å². The third-order valence-electron chi connectivity index (χ3n) is 12.4. The topological polar surface area (TPSA) is 72.5 Å². The summed E-state index contributed by atoms with van der Waals surface area (Å²) in [6.07, 6.45) is 18.8. The summed E-state index contributed by atoms with van der Waals surface area (Å²) in [4.78, 5) is 27.5. The molecular formula is C36H42N4O2. The predicted octanol–water partition coefficient (Wildman–Crippen LogP) is 5.87. The summed E-state index contributed by atoms with van der Waals surface area (Å²) in [5.41, 5.74) is 3.30. The largest absolute Gasteiger partial charge is 0.384 e. The van der Waals surface area contributed by atoms with Crippen LogP contribution >= 0.6 is 0 Å². The van der Waals surface area contributed by atoms with E-state index in [-0.39, 0.29) is 22.9 Å². The molecule has 9 rings (SSSR count). The van der Waals surface area contributed by atoms with E-state index >= 15 is 0 Å². The van der Waals surface area contributed by atoms with Gasteiger partial charge in [0.1, 0.15) is 5.78 Å². The van der Waals surface area contributed by atoms with Crippen molar-refractivity contribution in [2.75, 3.05) is 26.2 Å². The maximum atomic E-state index is 13.3. The number of rotatable bonds is 1. The minimum atomic E-state index is -0.979. The van der Waals surface area contributed by atoms with Gasteiger partial charge in [0, 0.05) is 52.3 Å². The number of hydrogen-bond donors (Lipinski definition) is 2. The first-order valence-corrected chi connectivity index (χ1v) is 16.5. The van der Waals surface area contributed by atoms with Gasteiger partial charge in [0.05, 0.1) is 22.9 Å². The summed E-state index contributed by atoms with van der Waals surface area (Å²) in [5, 5.41) is 15.6. The highest BCUT2D eigenvalue weighted by molar-refractivity contribution is 6.09. The van der Waals surface area contributed by atoms with Gasteiger partial charge in [0.15, 0.2) is 0 Å². The number of aromatic amines is 1. The van der Waals surface area contributed by atoms with Crippen molar-refractivity contribution in [2.45, 2.75) is 81.4 Å². The molecular weight excluding hydrogens is 520 g/mol. The molecule has 3 aromatic rings. The molecule has 2 aliphatic carbocycles. The molecule has 2 N–H and O–H groups in total. The van der Waals surface area contributed by atoms with Gasteiger partial charge in [-0.1, -0.05) is 30.4 Å². The monoisotopic (exact) mass is 562 g/mol. The summed E-state index contributed by atoms with van der Waals surface area (Å²) >= 11 is 0. The molecule has 2 aromatic heterocycles. The number of carbonyl (C=O) groups excluding carboxylic acids is 1. The Hall–Kier alpha value is -2.80. The van der Waals surface area contributed by atoms with Gasteiger partial charge in [-0.15, -0.1) is 0 Å². The van der Waals surface area contributed by atoms with Gasteiger partial charge in [0.25, 0.3) is 0 Å². The Morgan fingerprint density at radius 3 is 2.79 bits per heavy atom. The molecule has 6 heteroatoms. The minimum absolute atomic E-state index is 0.0357. The van der Waals surface area contributed by atoms with Crippen molar-refractivity contribution in [2.24, 2.45) is 17.3 Å². The third-order valence-corrected chi connectivity index (χ3v) is 12.4. The molecule has 1 saturated carbocycles. The zero-order valence-corrected chi connectivity index (χ0v) is 24.5. The van der Waals surface area contributed by atoms with Crippen LogP contribution in [-0.4, -0.2) is 74.0 Å². The molecule has 218 valence electrons. The molecule has 3 bridgehead atoms. The highest BCUT2D eigenvalue weighted by atomic mass is 16.3. The highest BCUT2D eigenvalue weighted by Gasteiger charge is 2.74. The zero-order chi connectivity index (χ0) is 28.1. The number of fused-ring (bicyclic) bond motifs is 4. The van der Waals surface area contributed by atoms with Gasteiger partial charge in [-0.3, -0.25) is 14.7 Å². The van der Waals surface area contributed by atoms with Gasteiger partial charge in [0.2, 0.25) is 0 Å². The Bertz CT molecular complexity index is 1660. The number of allylic oxidation sites excluding steroid dienone is 3. The SMILES string of the molecule is O=C1CC[C@]23C[C@]45CN6CCCC/C=C\CC[C@](O)(C=C(c7nccc8c7[nH]c7ccccc78)[C@@H]4CC6)[C@@H]5N2CC[C@H]13. The van der Waals surface area contributed by atoms with Crippen molar-refractivity contribution < 1.29 is 9.90 Å². The molecule has 4 aliphatic heterocycles. The lowest BCUT2D eigenvalue weighted by molar-refractivity contribution is -0.121. The maximum Gasteiger partial charge on any atom is 0.137 e. The Balaban J connectivity index is 1.28. The third kappa shape index (κ3) is 3.37. The second kappa shape index (κ2) is 9.10. The number of H-pyrrole nitrogens is 1. The Morgan fingerprint density at radius 2 is 1.83 bits per heavy atom. The molecule has 2 spiro atoms. The van der Waals surface area contributed by atoms with Crippen LogP contribution in [0, 0.1) is 17.3 Å². The van der Waals surface area contributed by atoms with E-state index < -0.39 is 5.60 Å². The molecule has 1 unspecified atom stereocenters. The summed E-state index contributed by atoms with van der Waals surface area (Å²) < 4.78 is 0. The molecule has 6 nitrogen and oxygen atoms in total. The van der Waals surface area contributed by atoms with Crippen LogP contribution < -0.4 is 0 Å². The lowest BCUT2D eigenvalue weighted by Gasteiger charge is -2.58. The molecule has 42 heavy (non-hydrogen) atoms. The van der Waals surface area contributed by atoms with E-state index in [1.54, 1.807) is 0 Å². The fourth-order valence-electron chi connectivity index (χ4n) is 11.0. The lowest BCUT2D eigenvalue weighted by atomic mass is 9.53. The number of hydrogen-bond acceptors (Lipinski definition) is 5. The van der Waals surface area contributed by atoms with Gasteiger partial charge < -0.3 is 15.0 Å². The first-order valence-electron chi connectivity index (χ1n) is 16.5. The minimum Gasteiger partial charge on any atom is -0.384 e. The van der Waals surface area contributed by atoms with Crippen molar-refractivity contribution in [3.8, 4) is 0 Å². The molecule has 7 atom stereocenters. The zero-order valence-electron chi connectivity index (χ0n) is 24.5. The van der Waals surface area contributed by atoms with Gasteiger partial charge >= 0.3 is 0 Å². The van der Waals surface area contributed by atoms with Crippen molar-refractivity contribution in [3.05, 3.63) is 60.5 Å². The number of piperidine rings is 1. The number of aromatic nitrogens is 2. The fraction of sp³-hybridized carbons (Fsp3) is 0.556. The van der Waals surface area contributed by atoms with Crippen molar-refractivity contribution >= 4 is 33.2 Å². The molecule has 6 heterocycles. The Morgan fingerprint density at radius 1 is 0.952 bits per heavy atom. The summed E-state index contributed by atoms with van der Waals surface area (Å²) in [7, 11) is 0. The molecule has 0 radical (unpaired) electrons. The van der Waals surface area contributed by atoms with Crippen LogP contribution in [0.1, 0.15) is 69.9 Å². The van der Waals surface area contributed by atoms with E-state index in [2.05, 4.69) is 63.3 Å². The van der Waals surface area contributed by atoms with Crippen LogP contribution in [0.3, 0.4) is 0 Å². The van der Waals surface area contributed by atoms with Crippen molar-refractivity contribution in [1.29, 1.82) is 0 Å². The molecule has 0 amide bonds. The van der Waals surface area contributed by atoms with Crippen LogP contribution in [0.2, 0.25) is 0 Å². The van der Waals surface area contributed by atoms with E-state index in [4.69, 9.17) is 4.98 Å². The van der Waals surface area contributed by atoms with Crippen molar-refractivity contribution in [3.63, 3.8) is 0 Å². The fourth-order valence-corrected chi connectivity index (χ4v) is 11.0. The van der Waals surface area contributed by atoms with Crippen LogP contribution in [0.4, 0.5) is 0 Å². The number of benzene rings is 1. The summed E-state index contributed by atoms with van der Waals surface area (Å²) in [6.45, 7) is 4.16. The number of aliphatic hydroxyl groups is 1. The highest BCUT2D eigenvalue weighted by Crippen LogP contribution is 2.68. The van der Waals surface area contributed by atoms with E-state index in [1.165, 1.54) is 29.2 Å². The average Bonchev–Trinajstić information content (AvgIpc) is 3.70. The number of nitrogens with zero attached hydrogens (tertiary/aromatic N) is 3. The van der Waals surface area contributed by atoms with E-state index in [1.807, 2.05) is 6.20 Å². The number of Topliss-reactive ketones (excluding diaryl/α,β-unsaturated/α-hetero) is 1. The first kappa shape index (κ1) is 25.7. The van der Waals surface area contributed by atoms with Gasteiger partial charge in [-0.2, -0.15) is 0 Å². The van der Waals surface area contributed by atoms with E-state index in [9.17, 15) is 9.90 Å². The predicted molar refractivity (Wildman–Crippen MR) is 166 cm³/mol.